The Morgan fingerprint density at radius 3 is 2.10 bits per heavy atom. The molecule has 2 aromatic rings. The van der Waals surface area contributed by atoms with Crippen LogP contribution < -0.4 is 9.47 Å². The third-order valence-electron chi connectivity index (χ3n) is 4.68. The quantitative estimate of drug-likeness (QED) is 0.630. The van der Waals surface area contributed by atoms with E-state index in [1.165, 1.54) is 26.4 Å². The zero-order chi connectivity index (χ0) is 21.0. The Morgan fingerprint density at radius 2 is 1.52 bits per heavy atom. The number of rotatable bonds is 7. The number of hydrogen-bond acceptors (Lipinski definition) is 6. The Bertz CT molecular complexity index is 989. The van der Waals surface area contributed by atoms with E-state index in [0.29, 0.717) is 17.9 Å². The van der Waals surface area contributed by atoms with Gasteiger partial charge in [0.2, 0.25) is 21.8 Å². The maximum absolute atomic E-state index is 12.7. The van der Waals surface area contributed by atoms with Gasteiger partial charge in [-0.05, 0) is 36.2 Å². The van der Waals surface area contributed by atoms with E-state index in [2.05, 4.69) is 0 Å². The summed E-state index contributed by atoms with van der Waals surface area (Å²) in [5.41, 5.74) is 0.864. The highest BCUT2D eigenvalue weighted by Crippen LogP contribution is 2.28. The largest absolute Gasteiger partial charge is 0.493 e. The molecule has 8 nitrogen and oxygen atoms in total. The number of methoxy groups -OCH3 is 2. The molecule has 0 saturated carbocycles. The summed E-state index contributed by atoms with van der Waals surface area (Å²) in [6.45, 7) is -0.573. The molecule has 9 heteroatoms. The average molecular weight is 418 g/mol. The van der Waals surface area contributed by atoms with Crippen molar-refractivity contribution in [1.82, 2.24) is 9.21 Å². The Hall–Kier alpha value is -2.91. The number of piperazine rings is 1. The number of carbonyl (C=O) groups excluding carboxylic acids is 2. The molecule has 1 heterocycles. The highest BCUT2D eigenvalue weighted by atomic mass is 32.2. The first kappa shape index (κ1) is 20.8. The van der Waals surface area contributed by atoms with Crippen LogP contribution in [0, 0.1) is 0 Å². The van der Waals surface area contributed by atoms with E-state index in [4.69, 9.17) is 9.47 Å². The van der Waals surface area contributed by atoms with E-state index < -0.39 is 21.8 Å². The molecule has 29 heavy (non-hydrogen) atoms. The van der Waals surface area contributed by atoms with Crippen LogP contribution in [0.3, 0.4) is 0 Å². The molecule has 0 bridgehead atoms. The zero-order valence-corrected chi connectivity index (χ0v) is 17.0. The minimum absolute atomic E-state index is 0.0550. The number of hydrogen-bond donors (Lipinski definition) is 0. The zero-order valence-electron chi connectivity index (χ0n) is 16.2. The number of amides is 2. The molecule has 0 atom stereocenters. The van der Waals surface area contributed by atoms with E-state index in [-0.39, 0.29) is 24.5 Å². The average Bonchev–Trinajstić information content (AvgIpc) is 2.73. The molecule has 1 aliphatic rings. The van der Waals surface area contributed by atoms with Crippen molar-refractivity contribution in [3.8, 4) is 11.5 Å². The van der Waals surface area contributed by atoms with Crippen molar-refractivity contribution in [3.63, 3.8) is 0 Å². The van der Waals surface area contributed by atoms with Gasteiger partial charge in [0.1, 0.15) is 0 Å². The molecule has 0 spiro atoms. The minimum atomic E-state index is -3.90. The van der Waals surface area contributed by atoms with E-state index in [1.54, 1.807) is 30.3 Å². The van der Waals surface area contributed by atoms with Crippen LogP contribution >= 0.6 is 0 Å². The SMILES string of the molecule is COc1ccc(CCN2C(=O)CN(S(=O)(=O)c3ccccc3)CC2=O)cc1OC. The standard InChI is InChI=1S/C20H22N2O6S/c1-27-17-9-8-15(12-18(17)28-2)10-11-22-19(23)13-21(14-20(22)24)29(25,26)16-6-4-3-5-7-16/h3-9,12H,10-11,13-14H2,1-2H3. The number of carbonyl (C=O) groups is 2. The summed E-state index contributed by atoms with van der Waals surface area (Å²) in [7, 11) is -0.832. The number of sulfonamides is 1. The van der Waals surface area contributed by atoms with E-state index in [1.807, 2.05) is 6.07 Å². The maximum Gasteiger partial charge on any atom is 0.244 e. The summed E-state index contributed by atoms with van der Waals surface area (Å²) in [5, 5.41) is 0. The van der Waals surface area contributed by atoms with Crippen molar-refractivity contribution in [2.45, 2.75) is 11.3 Å². The predicted molar refractivity (Wildman–Crippen MR) is 105 cm³/mol. The molecule has 2 amide bonds. The lowest BCUT2D eigenvalue weighted by Crippen LogP contribution is -2.55. The molecule has 0 aromatic heterocycles. The van der Waals surface area contributed by atoms with Crippen LogP contribution in [0.15, 0.2) is 53.4 Å². The highest BCUT2D eigenvalue weighted by molar-refractivity contribution is 7.89. The van der Waals surface area contributed by atoms with Crippen LogP contribution in [0.2, 0.25) is 0 Å². The monoisotopic (exact) mass is 418 g/mol. The van der Waals surface area contributed by atoms with E-state index in [9.17, 15) is 18.0 Å². The Labute approximate surface area is 169 Å². The van der Waals surface area contributed by atoms with Crippen LogP contribution in [0.25, 0.3) is 0 Å². The molecule has 0 N–H and O–H groups in total. The Balaban J connectivity index is 1.68. The van der Waals surface area contributed by atoms with Crippen molar-refractivity contribution in [2.24, 2.45) is 0 Å². The van der Waals surface area contributed by atoms with E-state index in [0.717, 1.165) is 14.8 Å². The maximum atomic E-state index is 12.7. The third kappa shape index (κ3) is 4.41. The molecule has 0 radical (unpaired) electrons. The lowest BCUT2D eigenvalue weighted by atomic mass is 10.1. The first-order valence-electron chi connectivity index (χ1n) is 8.96. The second-order valence-electron chi connectivity index (χ2n) is 6.46. The van der Waals surface area contributed by atoms with Gasteiger partial charge in [0.25, 0.3) is 0 Å². The van der Waals surface area contributed by atoms with Crippen LogP contribution in [-0.4, -0.2) is 63.3 Å². The second kappa shape index (κ2) is 8.62. The number of nitrogens with zero attached hydrogens (tertiary/aromatic N) is 2. The first-order valence-corrected chi connectivity index (χ1v) is 10.4. The lowest BCUT2D eigenvalue weighted by molar-refractivity contribution is -0.149. The van der Waals surface area contributed by atoms with Gasteiger partial charge in [0.05, 0.1) is 32.2 Å². The van der Waals surface area contributed by atoms with Gasteiger partial charge >= 0.3 is 0 Å². The van der Waals surface area contributed by atoms with Gasteiger partial charge < -0.3 is 9.47 Å². The van der Waals surface area contributed by atoms with Gasteiger partial charge in [-0.15, -0.1) is 0 Å². The van der Waals surface area contributed by atoms with Crippen LogP contribution in [0.4, 0.5) is 0 Å². The molecule has 154 valence electrons. The minimum Gasteiger partial charge on any atom is -0.493 e. The Morgan fingerprint density at radius 1 is 0.897 bits per heavy atom. The molecule has 3 rings (SSSR count). The third-order valence-corrected chi connectivity index (χ3v) is 6.48. The molecule has 2 aromatic carbocycles. The molecule has 1 aliphatic heterocycles. The fraction of sp³-hybridized carbons (Fsp3) is 0.300. The van der Waals surface area contributed by atoms with Crippen molar-refractivity contribution in [3.05, 3.63) is 54.1 Å². The fourth-order valence-corrected chi connectivity index (χ4v) is 4.47. The van der Waals surface area contributed by atoms with Crippen LogP contribution in [-0.2, 0) is 26.0 Å². The number of imide groups is 1. The lowest BCUT2D eigenvalue weighted by Gasteiger charge is -2.32. The second-order valence-corrected chi connectivity index (χ2v) is 8.40. The molecule has 1 fully saturated rings. The van der Waals surface area contributed by atoms with Gasteiger partial charge in [-0.2, -0.15) is 4.31 Å². The highest BCUT2D eigenvalue weighted by Gasteiger charge is 2.37. The number of benzene rings is 2. The van der Waals surface area contributed by atoms with Crippen molar-refractivity contribution in [2.75, 3.05) is 33.9 Å². The van der Waals surface area contributed by atoms with Crippen LogP contribution in [0.1, 0.15) is 5.56 Å². The van der Waals surface area contributed by atoms with Crippen molar-refractivity contribution >= 4 is 21.8 Å². The van der Waals surface area contributed by atoms with Gasteiger partial charge in [-0.1, -0.05) is 24.3 Å². The summed E-state index contributed by atoms with van der Waals surface area (Å²) < 4.78 is 36.7. The topological polar surface area (TPSA) is 93.2 Å². The smallest absolute Gasteiger partial charge is 0.244 e. The fourth-order valence-electron chi connectivity index (χ4n) is 3.11. The molecule has 0 aliphatic carbocycles. The number of ether oxygens (including phenoxy) is 2. The van der Waals surface area contributed by atoms with Gasteiger partial charge in [-0.25, -0.2) is 8.42 Å². The van der Waals surface area contributed by atoms with E-state index >= 15 is 0 Å². The van der Waals surface area contributed by atoms with Crippen molar-refractivity contribution in [1.29, 1.82) is 0 Å². The summed E-state index contributed by atoms with van der Waals surface area (Å²) in [6, 6.07) is 13.1. The first-order chi connectivity index (χ1) is 13.9. The van der Waals surface area contributed by atoms with Crippen LogP contribution in [0.5, 0.6) is 11.5 Å². The molecule has 0 unspecified atom stereocenters. The summed E-state index contributed by atoms with van der Waals surface area (Å²) >= 11 is 0. The molecular weight excluding hydrogens is 396 g/mol. The summed E-state index contributed by atoms with van der Waals surface area (Å²) in [4.78, 5) is 26.1. The predicted octanol–water partition coefficient (Wildman–Crippen LogP) is 1.31. The Kier molecular flexibility index (Phi) is 6.19. The van der Waals surface area contributed by atoms with Gasteiger partial charge in [0, 0.05) is 6.54 Å². The summed E-state index contributed by atoms with van der Waals surface area (Å²) in [6.07, 6.45) is 0.420. The molecule has 1 saturated heterocycles. The summed E-state index contributed by atoms with van der Waals surface area (Å²) in [5.74, 6) is 0.0621. The van der Waals surface area contributed by atoms with Gasteiger partial charge in [-0.3, -0.25) is 14.5 Å². The molecular formula is C20H22N2O6S. The normalized spacial score (nSPS) is 15.4. The van der Waals surface area contributed by atoms with Gasteiger partial charge in [0.15, 0.2) is 11.5 Å². The van der Waals surface area contributed by atoms with Crippen molar-refractivity contribution < 1.29 is 27.5 Å².